The van der Waals surface area contributed by atoms with Gasteiger partial charge < -0.3 is 19.3 Å². The largest absolute Gasteiger partial charge is 0.469 e. The smallest absolute Gasteiger partial charge is 0.462 e. The molecule has 0 rings (SSSR count). The third-order valence-electron chi connectivity index (χ3n) is 7.82. The number of allylic oxidation sites excluding steroid dienone is 8. The first-order valence-electron chi connectivity index (χ1n) is 18.9. The van der Waals surface area contributed by atoms with Gasteiger partial charge in [-0.1, -0.05) is 127 Å². The van der Waals surface area contributed by atoms with Crippen molar-refractivity contribution in [2.45, 2.75) is 168 Å². The average Bonchev–Trinajstić information content (AvgIpc) is 3.06. The summed E-state index contributed by atoms with van der Waals surface area (Å²) in [5, 5.41) is 0. The lowest BCUT2D eigenvalue weighted by atomic mass is 10.1. The first-order valence-corrected chi connectivity index (χ1v) is 20.4. The van der Waals surface area contributed by atoms with Crippen LogP contribution in [0, 0.1) is 0 Å². The molecule has 0 aromatic carbocycles. The van der Waals surface area contributed by atoms with E-state index in [1.807, 2.05) is 12.2 Å². The quantitative estimate of drug-likeness (QED) is 0.0220. The minimum Gasteiger partial charge on any atom is -0.462 e. The van der Waals surface area contributed by atoms with E-state index in [1.165, 1.54) is 44.9 Å². The van der Waals surface area contributed by atoms with E-state index in [2.05, 4.69) is 48.8 Å². The zero-order valence-corrected chi connectivity index (χ0v) is 31.5. The summed E-state index contributed by atoms with van der Waals surface area (Å²) in [5.74, 6) is -0.883. The molecule has 282 valence electrons. The Bertz CT molecular complexity index is 996. The van der Waals surface area contributed by atoms with Gasteiger partial charge in [-0.05, 0) is 63.9 Å². The maximum absolute atomic E-state index is 12.4. The van der Waals surface area contributed by atoms with Gasteiger partial charge in [0, 0.05) is 19.3 Å². The number of esters is 2. The Kier molecular flexibility index (Phi) is 32.5. The minimum atomic E-state index is -4.78. The Labute approximate surface area is 297 Å². The van der Waals surface area contributed by atoms with Crippen LogP contribution in [-0.2, 0) is 32.9 Å². The highest BCUT2D eigenvalue weighted by atomic mass is 31.2. The second-order valence-electron chi connectivity index (χ2n) is 12.6. The maximum Gasteiger partial charge on any atom is 0.469 e. The fraction of sp³-hybridized carbons (Fsp3) is 0.718. The molecule has 0 spiro atoms. The van der Waals surface area contributed by atoms with Crippen LogP contribution in [0.15, 0.2) is 48.6 Å². The third-order valence-corrected chi connectivity index (χ3v) is 8.31. The van der Waals surface area contributed by atoms with Gasteiger partial charge in [0.1, 0.15) is 6.61 Å². The topological polar surface area (TPSA) is 136 Å². The second kappa shape index (κ2) is 34.1. The highest BCUT2D eigenvalue weighted by Gasteiger charge is 2.22. The van der Waals surface area contributed by atoms with E-state index in [1.54, 1.807) is 6.08 Å². The molecule has 0 radical (unpaired) electrons. The van der Waals surface area contributed by atoms with Gasteiger partial charge in [-0.2, -0.15) is 0 Å². The van der Waals surface area contributed by atoms with Gasteiger partial charge in [-0.3, -0.25) is 18.9 Å². The molecule has 1 atom stereocenters. The van der Waals surface area contributed by atoms with Crippen LogP contribution in [-0.4, -0.2) is 46.8 Å². The lowest BCUT2D eigenvalue weighted by molar-refractivity contribution is -0.161. The minimum absolute atomic E-state index is 0.116. The highest BCUT2D eigenvalue weighted by Crippen LogP contribution is 2.36. The van der Waals surface area contributed by atoms with Crippen molar-refractivity contribution in [1.29, 1.82) is 0 Å². The molecule has 0 bridgehead atoms. The molecule has 0 saturated heterocycles. The van der Waals surface area contributed by atoms with Gasteiger partial charge in [-0.15, -0.1) is 0 Å². The second-order valence-corrected chi connectivity index (χ2v) is 13.8. The molecule has 9 nitrogen and oxygen atoms in total. The highest BCUT2D eigenvalue weighted by molar-refractivity contribution is 7.46. The predicted octanol–water partition coefficient (Wildman–Crippen LogP) is 10.4. The number of carbonyl (C=O) groups excluding carboxylic acids is 3. The van der Waals surface area contributed by atoms with E-state index in [4.69, 9.17) is 19.3 Å². The Morgan fingerprint density at radius 3 is 1.59 bits per heavy atom. The van der Waals surface area contributed by atoms with Crippen LogP contribution in [0.3, 0.4) is 0 Å². The number of hydrogen-bond donors (Lipinski definition) is 2. The summed E-state index contributed by atoms with van der Waals surface area (Å²) in [6.45, 7) is 3.48. The number of hydrogen-bond acceptors (Lipinski definition) is 7. The summed E-state index contributed by atoms with van der Waals surface area (Å²) in [6.07, 6.45) is 36.5. The van der Waals surface area contributed by atoms with Crippen LogP contribution in [0.2, 0.25) is 0 Å². The SMILES string of the molecule is CCCCC/C=C\C=C\C(=O)CCCCCCCC(=O)OC[C@H](COP(=O)(O)O)OC(=O)CCCCCCC/C=C\C=C/CCCCCC. The van der Waals surface area contributed by atoms with Crippen molar-refractivity contribution < 1.29 is 42.7 Å². The third kappa shape index (κ3) is 36.8. The Morgan fingerprint density at radius 2 is 1.02 bits per heavy atom. The predicted molar refractivity (Wildman–Crippen MR) is 198 cm³/mol. The Morgan fingerprint density at radius 1 is 0.571 bits per heavy atom. The normalized spacial score (nSPS) is 12.9. The first-order chi connectivity index (χ1) is 23.7. The zero-order chi connectivity index (χ0) is 36.3. The lowest BCUT2D eigenvalue weighted by Gasteiger charge is -2.18. The molecule has 0 aromatic rings. The molecule has 10 heteroatoms. The molecular formula is C39H67O9P. The van der Waals surface area contributed by atoms with Crippen LogP contribution >= 0.6 is 7.82 Å². The van der Waals surface area contributed by atoms with Gasteiger partial charge in [0.25, 0.3) is 0 Å². The number of ether oxygens (including phenoxy) is 2. The summed E-state index contributed by atoms with van der Waals surface area (Å²) in [5.41, 5.74) is 0. The lowest BCUT2D eigenvalue weighted by Crippen LogP contribution is -2.29. The van der Waals surface area contributed by atoms with Crippen molar-refractivity contribution >= 4 is 25.5 Å². The molecule has 0 amide bonds. The summed E-state index contributed by atoms with van der Waals surface area (Å²) >= 11 is 0. The average molecular weight is 711 g/mol. The van der Waals surface area contributed by atoms with Crippen LogP contribution in [0.4, 0.5) is 0 Å². The van der Waals surface area contributed by atoms with E-state index in [-0.39, 0.29) is 25.2 Å². The summed E-state index contributed by atoms with van der Waals surface area (Å²) in [4.78, 5) is 54.6. The number of phosphoric ester groups is 1. The fourth-order valence-electron chi connectivity index (χ4n) is 4.93. The maximum atomic E-state index is 12.4. The van der Waals surface area contributed by atoms with Crippen molar-refractivity contribution in [3.05, 3.63) is 48.6 Å². The molecule has 0 aromatic heterocycles. The van der Waals surface area contributed by atoms with Crippen molar-refractivity contribution in [3.63, 3.8) is 0 Å². The standard InChI is InChI=1S/C39H67O9P/c1-3-5-7-9-11-12-13-14-15-16-17-18-20-24-29-33-39(42)48-37(35-47-49(43,44)45)34-46-38(41)32-28-25-21-23-27-31-36(40)30-26-22-19-10-8-6-4-2/h12-15,19,22,26,30,37H,3-11,16-18,20-21,23-25,27-29,31-35H2,1-2H3,(H2,43,44,45)/b13-12-,15-14-,22-19-,30-26+/t37-/m1/s1. The van der Waals surface area contributed by atoms with Gasteiger partial charge >= 0.3 is 19.8 Å². The molecule has 0 heterocycles. The Balaban J connectivity index is 4.10. The van der Waals surface area contributed by atoms with E-state index in [0.717, 1.165) is 70.6 Å². The molecule has 0 unspecified atom stereocenters. The van der Waals surface area contributed by atoms with Gasteiger partial charge in [-0.25, -0.2) is 4.57 Å². The molecule has 0 aliphatic heterocycles. The molecule has 0 saturated carbocycles. The van der Waals surface area contributed by atoms with Crippen LogP contribution < -0.4 is 0 Å². The van der Waals surface area contributed by atoms with Crippen molar-refractivity contribution in [3.8, 4) is 0 Å². The summed E-state index contributed by atoms with van der Waals surface area (Å²) in [6, 6.07) is 0. The zero-order valence-electron chi connectivity index (χ0n) is 30.6. The number of ketones is 1. The number of rotatable bonds is 34. The first kappa shape index (κ1) is 46.7. The molecule has 0 aliphatic rings. The molecular weight excluding hydrogens is 643 g/mol. The molecule has 0 aliphatic carbocycles. The van der Waals surface area contributed by atoms with Crippen LogP contribution in [0.1, 0.15) is 162 Å². The van der Waals surface area contributed by atoms with Gasteiger partial charge in [0.15, 0.2) is 11.9 Å². The molecule has 0 fully saturated rings. The number of carbonyl (C=O) groups is 3. The Hall–Kier alpha value is -2.32. The van der Waals surface area contributed by atoms with E-state index >= 15 is 0 Å². The van der Waals surface area contributed by atoms with Gasteiger partial charge in [0.2, 0.25) is 0 Å². The van der Waals surface area contributed by atoms with Crippen molar-refractivity contribution in [2.24, 2.45) is 0 Å². The number of unbranched alkanes of at least 4 members (excludes halogenated alkanes) is 16. The summed E-state index contributed by atoms with van der Waals surface area (Å²) in [7, 11) is -4.78. The monoisotopic (exact) mass is 710 g/mol. The molecule has 49 heavy (non-hydrogen) atoms. The number of phosphoric acid groups is 1. The van der Waals surface area contributed by atoms with Gasteiger partial charge in [0.05, 0.1) is 6.61 Å². The van der Waals surface area contributed by atoms with E-state index in [9.17, 15) is 18.9 Å². The van der Waals surface area contributed by atoms with Crippen molar-refractivity contribution in [2.75, 3.05) is 13.2 Å². The summed E-state index contributed by atoms with van der Waals surface area (Å²) < 4.78 is 26.2. The molecule has 2 N–H and O–H groups in total. The fourth-order valence-corrected chi connectivity index (χ4v) is 5.29. The van der Waals surface area contributed by atoms with Crippen LogP contribution in [0.5, 0.6) is 0 Å². The van der Waals surface area contributed by atoms with E-state index in [0.29, 0.717) is 19.3 Å². The van der Waals surface area contributed by atoms with Crippen molar-refractivity contribution in [1.82, 2.24) is 0 Å². The van der Waals surface area contributed by atoms with Crippen LogP contribution in [0.25, 0.3) is 0 Å². The van der Waals surface area contributed by atoms with E-state index < -0.39 is 32.5 Å².